The van der Waals surface area contributed by atoms with Crippen LogP contribution in [-0.4, -0.2) is 24.6 Å². The largest absolute Gasteiger partial charge is 0.342 e. The first-order valence-corrected chi connectivity index (χ1v) is 11.9. The van der Waals surface area contributed by atoms with Gasteiger partial charge in [0, 0.05) is 5.56 Å². The van der Waals surface area contributed by atoms with E-state index in [1.165, 1.54) is 23.1 Å². The number of aryl methyl sites for hydroxylation is 2. The second kappa shape index (κ2) is 6.82. The van der Waals surface area contributed by atoms with Crippen molar-refractivity contribution in [3.8, 4) is 11.1 Å². The number of aromatic nitrogens is 2. The molecular formula is C20H18N2O2S3. The molecule has 0 amide bonds. The molecule has 0 bridgehead atoms. The quantitative estimate of drug-likeness (QED) is 0.450. The summed E-state index contributed by atoms with van der Waals surface area (Å²) in [6.45, 7) is 3.90. The zero-order valence-corrected chi connectivity index (χ0v) is 17.6. The van der Waals surface area contributed by atoms with Crippen LogP contribution in [-0.2, 0) is 9.84 Å². The Morgan fingerprint density at radius 1 is 1.07 bits per heavy atom. The summed E-state index contributed by atoms with van der Waals surface area (Å²) < 4.78 is 27.5. The first-order chi connectivity index (χ1) is 12.9. The number of nitrogens with zero attached hydrogens (tertiary/aromatic N) is 1. The number of hydrogen-bond donors (Lipinski definition) is 1. The van der Waals surface area contributed by atoms with Gasteiger partial charge < -0.3 is 4.98 Å². The number of thioether (sulfide) groups is 1. The molecule has 2 aromatic carbocycles. The summed E-state index contributed by atoms with van der Waals surface area (Å²) in [6, 6.07) is 13.1. The lowest BCUT2D eigenvalue weighted by Gasteiger charge is -2.11. The average molecular weight is 415 g/mol. The number of benzene rings is 2. The number of fused-ring (bicyclic) bond motifs is 1. The van der Waals surface area contributed by atoms with Crippen LogP contribution >= 0.6 is 23.1 Å². The van der Waals surface area contributed by atoms with Crippen LogP contribution in [0.15, 0.2) is 61.8 Å². The van der Waals surface area contributed by atoms with Crippen molar-refractivity contribution in [2.24, 2.45) is 0 Å². The van der Waals surface area contributed by atoms with Crippen molar-refractivity contribution < 1.29 is 8.42 Å². The molecule has 0 saturated heterocycles. The molecule has 4 rings (SSSR count). The van der Waals surface area contributed by atoms with E-state index < -0.39 is 9.84 Å². The van der Waals surface area contributed by atoms with Crippen molar-refractivity contribution >= 4 is 44.0 Å². The van der Waals surface area contributed by atoms with Crippen LogP contribution in [0, 0.1) is 13.8 Å². The Labute approximate surface area is 166 Å². The molecule has 4 aromatic rings. The molecule has 4 nitrogen and oxygen atoms in total. The minimum Gasteiger partial charge on any atom is -0.342 e. The Morgan fingerprint density at radius 3 is 2.59 bits per heavy atom. The van der Waals surface area contributed by atoms with Crippen LogP contribution in [0.3, 0.4) is 0 Å². The van der Waals surface area contributed by atoms with Gasteiger partial charge in [-0.3, -0.25) is 0 Å². The third-order valence-electron chi connectivity index (χ3n) is 4.49. The lowest BCUT2D eigenvalue weighted by Crippen LogP contribution is -2.02. The molecule has 0 unspecified atom stereocenters. The Kier molecular flexibility index (Phi) is 4.61. The molecule has 27 heavy (non-hydrogen) atoms. The predicted octanol–water partition coefficient (Wildman–Crippen LogP) is 5.46. The van der Waals surface area contributed by atoms with Crippen LogP contribution in [0.25, 0.3) is 22.2 Å². The fourth-order valence-corrected chi connectivity index (χ4v) is 6.95. The Balaban J connectivity index is 2.02. The Bertz CT molecular complexity index is 1250. The number of rotatable bonds is 4. The Hall–Kier alpha value is -2.09. The van der Waals surface area contributed by atoms with E-state index in [2.05, 4.69) is 9.97 Å². The second-order valence-corrected chi connectivity index (χ2v) is 10.2. The van der Waals surface area contributed by atoms with Gasteiger partial charge >= 0.3 is 0 Å². The van der Waals surface area contributed by atoms with Crippen molar-refractivity contribution in [2.45, 2.75) is 27.8 Å². The summed E-state index contributed by atoms with van der Waals surface area (Å²) in [7, 11) is -3.62. The highest BCUT2D eigenvalue weighted by Crippen LogP contribution is 2.38. The molecule has 0 radical (unpaired) electrons. The first-order valence-electron chi connectivity index (χ1n) is 8.35. The lowest BCUT2D eigenvalue weighted by atomic mass is 9.99. The van der Waals surface area contributed by atoms with Crippen LogP contribution in [0.1, 0.15) is 11.4 Å². The van der Waals surface area contributed by atoms with Gasteiger partial charge in [-0.05, 0) is 54.8 Å². The van der Waals surface area contributed by atoms with Crippen LogP contribution in [0.5, 0.6) is 0 Å². The molecule has 138 valence electrons. The fourth-order valence-electron chi connectivity index (χ4n) is 3.21. The molecule has 2 aromatic heterocycles. The lowest BCUT2D eigenvalue weighted by molar-refractivity contribution is 0.595. The number of thiophene rings is 1. The van der Waals surface area contributed by atoms with E-state index in [1.54, 1.807) is 18.2 Å². The number of sulfone groups is 1. The second-order valence-electron chi connectivity index (χ2n) is 6.28. The highest BCUT2D eigenvalue weighted by Gasteiger charge is 2.25. The fraction of sp³-hybridized carbons (Fsp3) is 0.150. The molecule has 1 N–H and O–H groups in total. The molecule has 0 aliphatic rings. The van der Waals surface area contributed by atoms with Gasteiger partial charge in [0.25, 0.3) is 0 Å². The normalized spacial score (nSPS) is 12.0. The maximum Gasteiger partial charge on any atom is 0.208 e. The number of nitrogens with one attached hydrogen (secondary N) is 1. The van der Waals surface area contributed by atoms with E-state index in [-0.39, 0.29) is 4.90 Å². The SMILES string of the molecule is CSc1sccc1S(=O)(=O)c1cc(-c2ccccc2C)c2nc(C)[nH]c2c1. The maximum absolute atomic E-state index is 13.4. The summed E-state index contributed by atoms with van der Waals surface area (Å²) in [6.07, 6.45) is 1.89. The van der Waals surface area contributed by atoms with Gasteiger partial charge in [-0.1, -0.05) is 24.3 Å². The van der Waals surface area contributed by atoms with E-state index in [0.29, 0.717) is 4.90 Å². The number of imidazole rings is 1. The van der Waals surface area contributed by atoms with Crippen LogP contribution in [0.2, 0.25) is 0 Å². The van der Waals surface area contributed by atoms with E-state index >= 15 is 0 Å². The van der Waals surface area contributed by atoms with Gasteiger partial charge in [0.2, 0.25) is 9.84 Å². The van der Waals surface area contributed by atoms with E-state index in [9.17, 15) is 8.42 Å². The maximum atomic E-state index is 13.4. The smallest absolute Gasteiger partial charge is 0.208 e. The highest BCUT2D eigenvalue weighted by atomic mass is 32.2. The summed E-state index contributed by atoms with van der Waals surface area (Å²) in [5, 5.41) is 1.82. The predicted molar refractivity (Wildman–Crippen MR) is 113 cm³/mol. The summed E-state index contributed by atoms with van der Waals surface area (Å²) in [5.41, 5.74) is 4.41. The zero-order valence-electron chi connectivity index (χ0n) is 15.1. The van der Waals surface area contributed by atoms with Gasteiger partial charge in [0.1, 0.15) is 5.82 Å². The minimum absolute atomic E-state index is 0.283. The molecule has 0 atom stereocenters. The van der Waals surface area contributed by atoms with Gasteiger partial charge in [0.05, 0.1) is 25.0 Å². The number of H-pyrrole nitrogens is 1. The van der Waals surface area contributed by atoms with Crippen molar-refractivity contribution in [1.82, 2.24) is 9.97 Å². The van der Waals surface area contributed by atoms with Gasteiger partial charge in [-0.15, -0.1) is 23.1 Å². The zero-order chi connectivity index (χ0) is 19.2. The van der Waals surface area contributed by atoms with Crippen molar-refractivity contribution in [3.05, 3.63) is 59.2 Å². The van der Waals surface area contributed by atoms with E-state index in [1.807, 2.05) is 49.7 Å². The van der Waals surface area contributed by atoms with Crippen molar-refractivity contribution in [1.29, 1.82) is 0 Å². The minimum atomic E-state index is -3.62. The third kappa shape index (κ3) is 3.09. The molecule has 0 saturated carbocycles. The molecule has 7 heteroatoms. The van der Waals surface area contributed by atoms with Gasteiger partial charge in [-0.2, -0.15) is 0 Å². The third-order valence-corrected chi connectivity index (χ3v) is 8.61. The number of hydrogen-bond acceptors (Lipinski definition) is 5. The first kappa shape index (κ1) is 18.3. The van der Waals surface area contributed by atoms with E-state index in [4.69, 9.17) is 0 Å². The summed E-state index contributed by atoms with van der Waals surface area (Å²) >= 11 is 2.90. The highest BCUT2D eigenvalue weighted by molar-refractivity contribution is 8.01. The molecular weight excluding hydrogens is 396 g/mol. The molecule has 0 aliphatic carbocycles. The summed E-state index contributed by atoms with van der Waals surface area (Å²) in [4.78, 5) is 8.44. The molecule has 2 heterocycles. The molecule has 0 aliphatic heterocycles. The van der Waals surface area contributed by atoms with Crippen molar-refractivity contribution in [3.63, 3.8) is 0 Å². The number of aromatic amines is 1. The average Bonchev–Trinajstić information content (AvgIpc) is 3.27. The van der Waals surface area contributed by atoms with E-state index in [0.717, 1.165) is 37.8 Å². The monoisotopic (exact) mass is 414 g/mol. The molecule has 0 spiro atoms. The topological polar surface area (TPSA) is 62.8 Å². The Morgan fingerprint density at radius 2 is 1.85 bits per heavy atom. The van der Waals surface area contributed by atoms with Crippen molar-refractivity contribution in [2.75, 3.05) is 6.26 Å². The summed E-state index contributed by atoms with van der Waals surface area (Å²) in [5.74, 6) is 0.759. The van der Waals surface area contributed by atoms with Gasteiger partial charge in [0.15, 0.2) is 0 Å². The van der Waals surface area contributed by atoms with Crippen LogP contribution in [0.4, 0.5) is 0 Å². The standard InChI is InChI=1S/C20H18N2O2S3/c1-12-6-4-5-7-15(12)16-10-14(11-17-19(16)22-13(2)21-17)27(23,24)18-8-9-26-20(18)25-3/h4-11H,1-3H3,(H,21,22). The molecule has 0 fully saturated rings. The van der Waals surface area contributed by atoms with Gasteiger partial charge in [-0.25, -0.2) is 13.4 Å². The van der Waals surface area contributed by atoms with Crippen LogP contribution < -0.4 is 0 Å².